The van der Waals surface area contributed by atoms with Gasteiger partial charge in [0.15, 0.2) is 0 Å². The first-order valence-corrected chi connectivity index (χ1v) is 5.79. The van der Waals surface area contributed by atoms with E-state index in [1.54, 1.807) is 0 Å². The molecule has 1 aromatic rings. The van der Waals surface area contributed by atoms with Crippen molar-refractivity contribution in [3.63, 3.8) is 0 Å². The predicted molar refractivity (Wildman–Crippen MR) is 66.8 cm³/mol. The molecular weight excluding hydrogens is 277 g/mol. The Kier molecular flexibility index (Phi) is 5.72. The highest BCUT2D eigenvalue weighted by atomic mass is 35.5. The lowest BCUT2D eigenvalue weighted by Gasteiger charge is -2.14. The maximum absolute atomic E-state index is 12.8. The normalized spacial score (nSPS) is 11.9. The van der Waals surface area contributed by atoms with Crippen LogP contribution in [0.5, 0.6) is 0 Å². The van der Waals surface area contributed by atoms with Gasteiger partial charge in [0, 0.05) is 13.7 Å². The summed E-state index contributed by atoms with van der Waals surface area (Å²) < 4.78 is 17.7. The van der Waals surface area contributed by atoms with Crippen LogP contribution in [0.25, 0.3) is 0 Å². The van der Waals surface area contributed by atoms with Crippen LogP contribution in [0.3, 0.4) is 0 Å². The topological polar surface area (TPSA) is 75.6 Å². The molecule has 1 unspecified atom stereocenters. The number of amides is 1. The number of carboxylic acids is 1. The molecule has 7 heteroatoms. The summed E-state index contributed by atoms with van der Waals surface area (Å²) >= 11 is 5.73. The van der Waals surface area contributed by atoms with Gasteiger partial charge in [-0.3, -0.25) is 9.59 Å². The molecule has 1 rings (SSSR count). The van der Waals surface area contributed by atoms with Gasteiger partial charge >= 0.3 is 5.97 Å². The Bertz CT molecular complexity index is 481. The van der Waals surface area contributed by atoms with Crippen molar-refractivity contribution >= 4 is 23.5 Å². The summed E-state index contributed by atoms with van der Waals surface area (Å²) in [6.07, 6.45) is -0.867. The number of carbonyl (C=O) groups is 2. The Morgan fingerprint density at radius 1 is 1.53 bits per heavy atom. The molecule has 1 aromatic carbocycles. The molecule has 5 nitrogen and oxygen atoms in total. The summed E-state index contributed by atoms with van der Waals surface area (Å²) in [7, 11) is 1.35. The second-order valence-electron chi connectivity index (χ2n) is 3.79. The average Bonchev–Trinajstić information content (AvgIpc) is 2.33. The zero-order valence-electron chi connectivity index (χ0n) is 10.2. The fraction of sp³-hybridized carbons (Fsp3) is 0.333. The number of hydrogen-bond donors (Lipinski definition) is 2. The van der Waals surface area contributed by atoms with Crippen molar-refractivity contribution in [2.75, 3.05) is 13.7 Å². The summed E-state index contributed by atoms with van der Waals surface area (Å²) in [5.41, 5.74) is 0.119. The number of ether oxygens (including phenoxy) is 1. The highest BCUT2D eigenvalue weighted by molar-refractivity contribution is 6.33. The smallest absolute Gasteiger partial charge is 0.306 e. The van der Waals surface area contributed by atoms with E-state index in [-0.39, 0.29) is 23.6 Å². The number of aliphatic carboxylic acids is 1. The van der Waals surface area contributed by atoms with Crippen LogP contribution in [-0.2, 0) is 9.53 Å². The van der Waals surface area contributed by atoms with Gasteiger partial charge in [-0.1, -0.05) is 11.6 Å². The largest absolute Gasteiger partial charge is 0.481 e. The average molecular weight is 290 g/mol. The first-order chi connectivity index (χ1) is 8.93. The third kappa shape index (κ3) is 4.84. The van der Waals surface area contributed by atoms with E-state index in [1.165, 1.54) is 13.2 Å². The molecular formula is C12H13ClFNO4. The second kappa shape index (κ2) is 7.06. The van der Waals surface area contributed by atoms with E-state index in [1.807, 2.05) is 0 Å². The Balaban J connectivity index is 2.61. The van der Waals surface area contributed by atoms with E-state index in [4.69, 9.17) is 21.4 Å². The van der Waals surface area contributed by atoms with Crippen LogP contribution >= 0.6 is 11.6 Å². The van der Waals surface area contributed by atoms with E-state index >= 15 is 0 Å². The van der Waals surface area contributed by atoms with Gasteiger partial charge < -0.3 is 15.2 Å². The SMILES string of the molecule is COC(CNC(=O)c1ccc(F)cc1Cl)CC(=O)O. The van der Waals surface area contributed by atoms with E-state index in [0.717, 1.165) is 12.1 Å². The third-order valence-electron chi connectivity index (χ3n) is 2.40. The molecule has 104 valence electrons. The van der Waals surface area contributed by atoms with Crippen LogP contribution in [0.15, 0.2) is 18.2 Å². The van der Waals surface area contributed by atoms with E-state index in [9.17, 15) is 14.0 Å². The van der Waals surface area contributed by atoms with Gasteiger partial charge in [-0.2, -0.15) is 0 Å². The molecule has 19 heavy (non-hydrogen) atoms. The zero-order valence-corrected chi connectivity index (χ0v) is 10.9. The summed E-state index contributed by atoms with van der Waals surface area (Å²) in [6.45, 7) is 0.0232. The van der Waals surface area contributed by atoms with Crippen molar-refractivity contribution in [3.8, 4) is 0 Å². The third-order valence-corrected chi connectivity index (χ3v) is 2.71. The number of benzene rings is 1. The highest BCUT2D eigenvalue weighted by Gasteiger charge is 2.16. The van der Waals surface area contributed by atoms with Crippen molar-refractivity contribution in [2.45, 2.75) is 12.5 Å². The van der Waals surface area contributed by atoms with Crippen molar-refractivity contribution in [2.24, 2.45) is 0 Å². The maximum Gasteiger partial charge on any atom is 0.306 e. The molecule has 0 heterocycles. The van der Waals surface area contributed by atoms with Crippen molar-refractivity contribution in [1.29, 1.82) is 0 Å². The summed E-state index contributed by atoms with van der Waals surface area (Å²) in [6, 6.07) is 3.40. The molecule has 2 N–H and O–H groups in total. The van der Waals surface area contributed by atoms with Crippen LogP contribution in [0.2, 0.25) is 5.02 Å². The molecule has 0 aliphatic carbocycles. The number of methoxy groups -OCH3 is 1. The minimum atomic E-state index is -1.03. The number of carbonyl (C=O) groups excluding carboxylic acids is 1. The molecule has 0 radical (unpaired) electrons. The van der Waals surface area contributed by atoms with Crippen LogP contribution in [-0.4, -0.2) is 36.7 Å². The van der Waals surface area contributed by atoms with Gasteiger partial charge in [-0.15, -0.1) is 0 Å². The summed E-state index contributed by atoms with van der Waals surface area (Å²) in [5, 5.41) is 11.1. The van der Waals surface area contributed by atoms with Gasteiger partial charge in [0.1, 0.15) is 5.82 Å². The quantitative estimate of drug-likeness (QED) is 0.836. The predicted octanol–water partition coefficient (Wildman–Crippen LogP) is 1.70. The number of hydrogen-bond acceptors (Lipinski definition) is 3. The number of rotatable bonds is 6. The van der Waals surface area contributed by atoms with Crippen molar-refractivity contribution in [3.05, 3.63) is 34.6 Å². The van der Waals surface area contributed by atoms with E-state index in [0.29, 0.717) is 0 Å². The Morgan fingerprint density at radius 3 is 2.74 bits per heavy atom. The van der Waals surface area contributed by atoms with Crippen LogP contribution in [0, 0.1) is 5.82 Å². The number of carboxylic acid groups (broad SMARTS) is 1. The zero-order chi connectivity index (χ0) is 14.4. The lowest BCUT2D eigenvalue weighted by Crippen LogP contribution is -2.34. The fourth-order valence-electron chi connectivity index (χ4n) is 1.41. The molecule has 0 spiro atoms. The molecule has 0 aliphatic heterocycles. The molecule has 1 atom stereocenters. The molecule has 0 saturated carbocycles. The number of nitrogens with one attached hydrogen (secondary N) is 1. The molecule has 0 aromatic heterocycles. The molecule has 0 aliphatic rings. The van der Waals surface area contributed by atoms with Gasteiger partial charge in [-0.05, 0) is 18.2 Å². The Hall–Kier alpha value is -1.66. The van der Waals surface area contributed by atoms with Gasteiger partial charge in [0.05, 0.1) is 23.1 Å². The maximum atomic E-state index is 12.8. The molecule has 0 fully saturated rings. The lowest BCUT2D eigenvalue weighted by atomic mass is 10.2. The Labute approximate surface area is 114 Å². The van der Waals surface area contributed by atoms with E-state index in [2.05, 4.69) is 5.32 Å². The van der Waals surface area contributed by atoms with Gasteiger partial charge in [0.2, 0.25) is 0 Å². The minimum Gasteiger partial charge on any atom is -0.481 e. The number of halogens is 2. The molecule has 0 bridgehead atoms. The van der Waals surface area contributed by atoms with Crippen molar-refractivity contribution in [1.82, 2.24) is 5.32 Å². The monoisotopic (exact) mass is 289 g/mol. The first kappa shape index (κ1) is 15.4. The van der Waals surface area contributed by atoms with Gasteiger partial charge in [0.25, 0.3) is 5.91 Å². The lowest BCUT2D eigenvalue weighted by molar-refractivity contribution is -0.139. The van der Waals surface area contributed by atoms with E-state index < -0.39 is 23.8 Å². The van der Waals surface area contributed by atoms with Crippen LogP contribution < -0.4 is 5.32 Å². The first-order valence-electron chi connectivity index (χ1n) is 5.42. The highest BCUT2D eigenvalue weighted by Crippen LogP contribution is 2.17. The second-order valence-corrected chi connectivity index (χ2v) is 4.20. The minimum absolute atomic E-state index is 0.00954. The molecule has 0 saturated heterocycles. The summed E-state index contributed by atoms with van der Waals surface area (Å²) in [5.74, 6) is -2.08. The fourth-order valence-corrected chi connectivity index (χ4v) is 1.66. The molecule has 1 amide bonds. The van der Waals surface area contributed by atoms with Crippen molar-refractivity contribution < 1.29 is 23.8 Å². The van der Waals surface area contributed by atoms with Crippen LogP contribution in [0.4, 0.5) is 4.39 Å². The Morgan fingerprint density at radius 2 is 2.21 bits per heavy atom. The standard InChI is InChI=1S/C12H13ClFNO4/c1-19-8(5-11(16)17)6-15-12(18)9-3-2-7(14)4-10(9)13/h2-4,8H,5-6H2,1H3,(H,15,18)(H,16,17). The van der Waals surface area contributed by atoms with Crippen LogP contribution in [0.1, 0.15) is 16.8 Å². The van der Waals surface area contributed by atoms with Gasteiger partial charge in [-0.25, -0.2) is 4.39 Å². The summed E-state index contributed by atoms with van der Waals surface area (Å²) in [4.78, 5) is 22.3.